The van der Waals surface area contributed by atoms with E-state index in [1.54, 1.807) is 0 Å². The van der Waals surface area contributed by atoms with Gasteiger partial charge in [0.05, 0.1) is 12.0 Å². The fourth-order valence-electron chi connectivity index (χ4n) is 4.02. The van der Waals surface area contributed by atoms with Gasteiger partial charge in [-0.3, -0.25) is 5.10 Å². The molecule has 1 aliphatic heterocycles. The van der Waals surface area contributed by atoms with Crippen LogP contribution in [-0.4, -0.2) is 16.3 Å². The van der Waals surface area contributed by atoms with E-state index in [1.807, 2.05) is 24.3 Å². The van der Waals surface area contributed by atoms with Crippen LogP contribution >= 0.6 is 0 Å². The molecule has 1 aliphatic carbocycles. The Bertz CT molecular complexity index is 886. The summed E-state index contributed by atoms with van der Waals surface area (Å²) in [6, 6.07) is 10.2. The van der Waals surface area contributed by atoms with Gasteiger partial charge in [0.15, 0.2) is 0 Å². The van der Waals surface area contributed by atoms with Gasteiger partial charge in [-0.05, 0) is 49.8 Å². The lowest BCUT2D eigenvalue weighted by Crippen LogP contribution is -2.21. The van der Waals surface area contributed by atoms with E-state index in [4.69, 9.17) is 15.2 Å². The monoisotopic (exact) mass is 364 g/mol. The third kappa shape index (κ3) is 3.25. The molecule has 3 N–H and O–H groups in total. The first-order valence-electron chi connectivity index (χ1n) is 9.62. The second-order valence-corrected chi connectivity index (χ2v) is 7.19. The van der Waals surface area contributed by atoms with Crippen molar-refractivity contribution in [2.75, 3.05) is 0 Å². The van der Waals surface area contributed by atoms with Crippen LogP contribution in [0.3, 0.4) is 0 Å². The summed E-state index contributed by atoms with van der Waals surface area (Å²) in [5, 5.41) is 17.0. The molecule has 6 heteroatoms. The molecule has 0 saturated heterocycles. The number of nitrogens with one attached hydrogen (secondary N) is 1. The molecule has 0 spiro atoms. The lowest BCUT2D eigenvalue weighted by atomic mass is 9.83. The number of nitriles is 1. The van der Waals surface area contributed by atoms with Crippen molar-refractivity contribution in [3.8, 4) is 17.7 Å². The topological polar surface area (TPSA) is 97.0 Å². The van der Waals surface area contributed by atoms with Crippen molar-refractivity contribution in [2.45, 2.75) is 57.5 Å². The van der Waals surface area contributed by atoms with Gasteiger partial charge in [0.2, 0.25) is 11.8 Å². The minimum atomic E-state index is -0.278. The van der Waals surface area contributed by atoms with Crippen LogP contribution in [0, 0.1) is 11.3 Å². The van der Waals surface area contributed by atoms with Crippen molar-refractivity contribution < 1.29 is 9.47 Å². The summed E-state index contributed by atoms with van der Waals surface area (Å²) in [5.41, 5.74) is 9.31. The molecule has 1 atom stereocenters. The van der Waals surface area contributed by atoms with Gasteiger partial charge >= 0.3 is 0 Å². The number of fused-ring (bicyclic) bond motifs is 1. The van der Waals surface area contributed by atoms with Crippen molar-refractivity contribution in [1.82, 2.24) is 10.2 Å². The molecule has 4 rings (SSSR count). The van der Waals surface area contributed by atoms with E-state index in [0.29, 0.717) is 17.6 Å². The largest absolute Gasteiger partial charge is 0.490 e. The average Bonchev–Trinajstić information content (AvgIpc) is 3.32. The summed E-state index contributed by atoms with van der Waals surface area (Å²) in [6.45, 7) is 2.11. The number of rotatable bonds is 5. The van der Waals surface area contributed by atoms with Crippen LogP contribution in [0.15, 0.2) is 35.7 Å². The van der Waals surface area contributed by atoms with E-state index in [0.717, 1.165) is 48.3 Å². The highest BCUT2D eigenvalue weighted by molar-refractivity contribution is 5.55. The molecule has 27 heavy (non-hydrogen) atoms. The minimum absolute atomic E-state index is 0.121. The van der Waals surface area contributed by atoms with Crippen LogP contribution in [0.5, 0.6) is 11.6 Å². The second kappa shape index (κ2) is 7.36. The Labute approximate surface area is 159 Å². The summed E-state index contributed by atoms with van der Waals surface area (Å²) in [5.74, 6) is 1.18. The predicted octanol–water partition coefficient (Wildman–Crippen LogP) is 3.90. The molecule has 140 valence electrons. The number of nitrogens with zero attached hydrogens (tertiary/aromatic N) is 2. The van der Waals surface area contributed by atoms with E-state index in [9.17, 15) is 5.26 Å². The van der Waals surface area contributed by atoms with Crippen molar-refractivity contribution in [3.05, 3.63) is 52.5 Å². The number of ether oxygens (including phenoxy) is 2. The smallest absolute Gasteiger partial charge is 0.244 e. The Balaban J connectivity index is 1.68. The average molecular weight is 364 g/mol. The minimum Gasteiger partial charge on any atom is -0.490 e. The zero-order valence-corrected chi connectivity index (χ0v) is 15.5. The number of aromatic amines is 1. The quantitative estimate of drug-likeness (QED) is 0.838. The molecule has 1 saturated carbocycles. The van der Waals surface area contributed by atoms with E-state index < -0.39 is 0 Å². The summed E-state index contributed by atoms with van der Waals surface area (Å²) in [4.78, 5) is 0. The standard InChI is InChI=1S/C21H24N4O2/c1-2-5-17-19-18(16(12-22)20(23)27-21(19)25-24-17)13-8-10-15(11-9-13)26-14-6-3-4-7-14/h8-11,14,18H,2-7,23H2,1H3,(H,24,25)/t18-/m1/s1. The number of hydrogen-bond acceptors (Lipinski definition) is 5. The molecule has 1 aromatic heterocycles. The van der Waals surface area contributed by atoms with Gasteiger partial charge in [0.1, 0.15) is 17.4 Å². The third-order valence-corrected chi connectivity index (χ3v) is 5.34. The molecule has 0 unspecified atom stereocenters. The van der Waals surface area contributed by atoms with E-state index in [1.165, 1.54) is 12.8 Å². The summed E-state index contributed by atoms with van der Waals surface area (Å²) in [7, 11) is 0. The van der Waals surface area contributed by atoms with Crippen LogP contribution in [0.2, 0.25) is 0 Å². The maximum Gasteiger partial charge on any atom is 0.244 e. The van der Waals surface area contributed by atoms with Gasteiger partial charge in [0.25, 0.3) is 0 Å². The molecule has 1 fully saturated rings. The van der Waals surface area contributed by atoms with Crippen LogP contribution in [0.4, 0.5) is 0 Å². The molecule has 0 radical (unpaired) electrons. The zero-order valence-electron chi connectivity index (χ0n) is 15.5. The number of nitrogens with two attached hydrogens (primary N) is 1. The van der Waals surface area contributed by atoms with Crippen LogP contribution in [0.25, 0.3) is 0 Å². The highest BCUT2D eigenvalue weighted by Gasteiger charge is 2.34. The number of allylic oxidation sites excluding steroid dienone is 1. The second-order valence-electron chi connectivity index (χ2n) is 7.19. The molecule has 0 amide bonds. The maximum atomic E-state index is 9.70. The molecule has 6 nitrogen and oxygen atoms in total. The van der Waals surface area contributed by atoms with Crippen molar-refractivity contribution in [1.29, 1.82) is 5.26 Å². The first-order valence-corrected chi connectivity index (χ1v) is 9.62. The van der Waals surface area contributed by atoms with Crippen molar-refractivity contribution in [3.63, 3.8) is 0 Å². The van der Waals surface area contributed by atoms with Gasteiger partial charge in [-0.15, -0.1) is 5.10 Å². The first-order chi connectivity index (χ1) is 13.2. The lowest BCUT2D eigenvalue weighted by Gasteiger charge is -2.24. The summed E-state index contributed by atoms with van der Waals surface area (Å²) in [6.07, 6.45) is 6.85. The fourth-order valence-corrected chi connectivity index (χ4v) is 4.02. The normalized spacial score (nSPS) is 19.5. The Kier molecular flexibility index (Phi) is 4.76. The molecule has 0 bridgehead atoms. The van der Waals surface area contributed by atoms with Crippen molar-refractivity contribution >= 4 is 0 Å². The van der Waals surface area contributed by atoms with E-state index in [2.05, 4.69) is 23.2 Å². The molecule has 2 aliphatic rings. The Morgan fingerprint density at radius 1 is 1.30 bits per heavy atom. The molecule has 1 aromatic carbocycles. The van der Waals surface area contributed by atoms with Gasteiger partial charge in [-0.2, -0.15) is 5.26 Å². The highest BCUT2D eigenvalue weighted by atomic mass is 16.5. The van der Waals surface area contributed by atoms with E-state index in [-0.39, 0.29) is 11.8 Å². The predicted molar refractivity (Wildman–Crippen MR) is 101 cm³/mol. The Hall–Kier alpha value is -2.94. The van der Waals surface area contributed by atoms with Crippen molar-refractivity contribution in [2.24, 2.45) is 5.73 Å². The maximum absolute atomic E-state index is 9.70. The van der Waals surface area contributed by atoms with E-state index >= 15 is 0 Å². The molecular formula is C21H24N4O2. The Morgan fingerprint density at radius 3 is 2.70 bits per heavy atom. The first kappa shape index (κ1) is 17.5. The fraction of sp³-hybridized carbons (Fsp3) is 0.429. The van der Waals surface area contributed by atoms with Crippen LogP contribution < -0.4 is 15.2 Å². The van der Waals surface area contributed by atoms with Gasteiger partial charge < -0.3 is 15.2 Å². The van der Waals surface area contributed by atoms with Crippen LogP contribution in [0.1, 0.15) is 61.8 Å². The molecular weight excluding hydrogens is 340 g/mol. The summed E-state index contributed by atoms with van der Waals surface area (Å²) >= 11 is 0. The Morgan fingerprint density at radius 2 is 2.04 bits per heavy atom. The number of hydrogen-bond donors (Lipinski definition) is 2. The lowest BCUT2D eigenvalue weighted by molar-refractivity contribution is 0.210. The summed E-state index contributed by atoms with van der Waals surface area (Å²) < 4.78 is 11.7. The van der Waals surface area contributed by atoms with Gasteiger partial charge in [0, 0.05) is 11.3 Å². The SMILES string of the molecule is CCCc1[nH]nc2c1[C@H](c1ccc(OC3CCCC3)cc1)C(C#N)=C(N)O2. The number of H-pyrrole nitrogens is 1. The number of aromatic nitrogens is 2. The third-order valence-electron chi connectivity index (χ3n) is 5.34. The molecule has 2 aromatic rings. The van der Waals surface area contributed by atoms with Gasteiger partial charge in [-0.25, -0.2) is 0 Å². The highest BCUT2D eigenvalue weighted by Crippen LogP contribution is 2.43. The zero-order chi connectivity index (χ0) is 18.8. The van der Waals surface area contributed by atoms with Crippen LogP contribution in [-0.2, 0) is 6.42 Å². The number of benzene rings is 1. The number of aryl methyl sites for hydroxylation is 1. The van der Waals surface area contributed by atoms with Gasteiger partial charge in [-0.1, -0.05) is 25.5 Å². The molecule has 2 heterocycles.